The molecule has 2 aliphatic rings. The van der Waals surface area contributed by atoms with Crippen LogP contribution in [0.15, 0.2) is 0 Å². The Bertz CT molecular complexity index is 333. The Balaban J connectivity index is 2.00. The highest BCUT2D eigenvalue weighted by Gasteiger charge is 2.43. The molecule has 4 heteroatoms. The molecule has 1 saturated heterocycles. The Kier molecular flexibility index (Phi) is 4.21. The molecule has 0 aromatic rings. The van der Waals surface area contributed by atoms with Crippen molar-refractivity contribution >= 4 is 5.97 Å². The fraction of sp³-hybridized carbons (Fsp3) is 0.933. The number of hydrogen-bond acceptors (Lipinski definition) is 3. The molecule has 0 radical (unpaired) electrons. The van der Waals surface area contributed by atoms with Crippen molar-refractivity contribution in [1.29, 1.82) is 0 Å². The fourth-order valence-corrected chi connectivity index (χ4v) is 3.58. The lowest BCUT2D eigenvalue weighted by Crippen LogP contribution is -2.58. The van der Waals surface area contributed by atoms with Gasteiger partial charge in [-0.25, -0.2) is 0 Å². The van der Waals surface area contributed by atoms with Gasteiger partial charge in [0.1, 0.15) is 5.54 Å². The van der Waals surface area contributed by atoms with Gasteiger partial charge in [0.05, 0.1) is 0 Å². The molecule has 0 bridgehead atoms. The van der Waals surface area contributed by atoms with E-state index in [4.69, 9.17) is 0 Å². The number of likely N-dealkylation sites (tertiary alicyclic amines) is 1. The summed E-state index contributed by atoms with van der Waals surface area (Å²) < 4.78 is 0. The molecule has 1 heterocycles. The van der Waals surface area contributed by atoms with Gasteiger partial charge in [0.25, 0.3) is 0 Å². The maximum absolute atomic E-state index is 11.6. The number of carbonyl (C=O) groups is 1. The van der Waals surface area contributed by atoms with Crippen LogP contribution in [0, 0.1) is 5.41 Å². The number of rotatable bonds is 3. The highest BCUT2D eigenvalue weighted by molar-refractivity contribution is 5.79. The third-order valence-electron chi connectivity index (χ3n) is 5.28. The molecule has 110 valence electrons. The predicted molar refractivity (Wildman–Crippen MR) is 76.3 cm³/mol. The lowest BCUT2D eigenvalue weighted by atomic mass is 9.76. The fourth-order valence-electron chi connectivity index (χ4n) is 3.58. The van der Waals surface area contributed by atoms with Gasteiger partial charge in [-0.05, 0) is 64.1 Å². The molecule has 2 N–H and O–H groups in total. The molecule has 2 rings (SSSR count). The van der Waals surface area contributed by atoms with Gasteiger partial charge < -0.3 is 15.3 Å². The molecule has 2 unspecified atom stereocenters. The minimum Gasteiger partial charge on any atom is -0.480 e. The zero-order valence-corrected chi connectivity index (χ0v) is 12.5. The average Bonchev–Trinajstić information content (AvgIpc) is 2.38. The lowest BCUT2D eigenvalue weighted by molar-refractivity contribution is -0.147. The smallest absolute Gasteiger partial charge is 0.323 e. The van der Waals surface area contributed by atoms with Crippen LogP contribution in [0.1, 0.15) is 52.4 Å². The van der Waals surface area contributed by atoms with Crippen molar-refractivity contribution in [2.75, 3.05) is 20.1 Å². The van der Waals surface area contributed by atoms with Crippen molar-refractivity contribution in [2.45, 2.75) is 64.0 Å². The van der Waals surface area contributed by atoms with E-state index in [1.807, 2.05) is 0 Å². The van der Waals surface area contributed by atoms with Crippen molar-refractivity contribution in [2.24, 2.45) is 5.41 Å². The first-order valence-corrected chi connectivity index (χ1v) is 7.55. The van der Waals surface area contributed by atoms with E-state index in [-0.39, 0.29) is 0 Å². The number of piperidine rings is 1. The van der Waals surface area contributed by atoms with E-state index < -0.39 is 11.5 Å². The SMILES string of the molecule is CNC1(C(=O)O)CCCC(N2CCC(C)(C)CC2)C1. The Hall–Kier alpha value is -0.610. The van der Waals surface area contributed by atoms with Gasteiger partial charge in [-0.2, -0.15) is 0 Å². The molecule has 4 nitrogen and oxygen atoms in total. The van der Waals surface area contributed by atoms with Crippen LogP contribution in [0.5, 0.6) is 0 Å². The van der Waals surface area contributed by atoms with E-state index in [0.717, 1.165) is 38.8 Å². The first-order valence-electron chi connectivity index (χ1n) is 7.55. The zero-order valence-electron chi connectivity index (χ0n) is 12.5. The summed E-state index contributed by atoms with van der Waals surface area (Å²) >= 11 is 0. The van der Waals surface area contributed by atoms with Gasteiger partial charge >= 0.3 is 5.97 Å². The van der Waals surface area contributed by atoms with E-state index >= 15 is 0 Å². The molecule has 1 saturated carbocycles. The minimum atomic E-state index is -0.699. The second-order valence-electron chi connectivity index (χ2n) is 7.09. The molecule has 0 amide bonds. The third kappa shape index (κ3) is 3.11. The first kappa shape index (κ1) is 14.8. The standard InChI is InChI=1S/C15H28N2O2/c1-14(2)7-9-17(10-8-14)12-5-4-6-15(11-12,16-3)13(18)19/h12,16H,4-11H2,1-3H3,(H,18,19). The molecular weight excluding hydrogens is 240 g/mol. The van der Waals surface area contributed by atoms with E-state index in [1.54, 1.807) is 7.05 Å². The van der Waals surface area contributed by atoms with Gasteiger partial charge in [-0.3, -0.25) is 4.79 Å². The summed E-state index contributed by atoms with van der Waals surface area (Å²) in [6.45, 7) is 6.91. The molecule has 0 aromatic heterocycles. The summed E-state index contributed by atoms with van der Waals surface area (Å²) in [6.07, 6.45) is 6.12. The van der Waals surface area contributed by atoms with E-state index in [2.05, 4.69) is 24.1 Å². The number of carboxylic acid groups (broad SMARTS) is 1. The number of carboxylic acids is 1. The van der Waals surface area contributed by atoms with Crippen molar-refractivity contribution in [1.82, 2.24) is 10.2 Å². The van der Waals surface area contributed by atoms with E-state index in [0.29, 0.717) is 11.5 Å². The van der Waals surface area contributed by atoms with Crippen molar-refractivity contribution < 1.29 is 9.90 Å². The topological polar surface area (TPSA) is 52.6 Å². The normalized spacial score (nSPS) is 36.1. The Morgan fingerprint density at radius 3 is 2.42 bits per heavy atom. The largest absolute Gasteiger partial charge is 0.480 e. The van der Waals surface area contributed by atoms with Crippen LogP contribution in [-0.4, -0.2) is 47.7 Å². The average molecular weight is 268 g/mol. The number of hydrogen-bond donors (Lipinski definition) is 2. The van der Waals surface area contributed by atoms with Crippen molar-refractivity contribution in [3.63, 3.8) is 0 Å². The molecule has 1 aliphatic heterocycles. The highest BCUT2D eigenvalue weighted by atomic mass is 16.4. The first-order chi connectivity index (χ1) is 8.88. The van der Waals surface area contributed by atoms with Crippen LogP contribution < -0.4 is 5.32 Å². The Morgan fingerprint density at radius 2 is 1.89 bits per heavy atom. The quantitative estimate of drug-likeness (QED) is 0.823. The monoisotopic (exact) mass is 268 g/mol. The maximum atomic E-state index is 11.6. The van der Waals surface area contributed by atoms with Crippen molar-refractivity contribution in [3.8, 4) is 0 Å². The molecule has 19 heavy (non-hydrogen) atoms. The van der Waals surface area contributed by atoms with Crippen LogP contribution in [-0.2, 0) is 4.79 Å². The Labute approximate surface area is 116 Å². The maximum Gasteiger partial charge on any atom is 0.323 e. The lowest BCUT2D eigenvalue weighted by Gasteiger charge is -2.46. The van der Waals surface area contributed by atoms with Gasteiger partial charge in [-0.15, -0.1) is 0 Å². The van der Waals surface area contributed by atoms with Gasteiger partial charge in [0.15, 0.2) is 0 Å². The highest BCUT2D eigenvalue weighted by Crippen LogP contribution is 2.36. The molecule has 2 fully saturated rings. The summed E-state index contributed by atoms with van der Waals surface area (Å²) in [4.78, 5) is 14.1. The van der Waals surface area contributed by atoms with Gasteiger partial charge in [-0.1, -0.05) is 13.8 Å². The van der Waals surface area contributed by atoms with Crippen molar-refractivity contribution in [3.05, 3.63) is 0 Å². The van der Waals surface area contributed by atoms with Crippen LogP contribution in [0.25, 0.3) is 0 Å². The van der Waals surface area contributed by atoms with Crippen LogP contribution in [0.4, 0.5) is 0 Å². The van der Waals surface area contributed by atoms with Gasteiger partial charge in [0.2, 0.25) is 0 Å². The number of nitrogens with one attached hydrogen (secondary N) is 1. The number of aliphatic carboxylic acids is 1. The van der Waals surface area contributed by atoms with E-state index in [9.17, 15) is 9.90 Å². The number of nitrogens with zero attached hydrogens (tertiary/aromatic N) is 1. The molecule has 0 aromatic carbocycles. The molecular formula is C15H28N2O2. The second-order valence-corrected chi connectivity index (χ2v) is 7.09. The Morgan fingerprint density at radius 1 is 1.26 bits per heavy atom. The number of likely N-dealkylation sites (N-methyl/N-ethyl adjacent to an activating group) is 1. The van der Waals surface area contributed by atoms with Crippen LogP contribution >= 0.6 is 0 Å². The summed E-state index contributed by atoms with van der Waals surface area (Å²) in [5.41, 5.74) is -0.242. The summed E-state index contributed by atoms with van der Waals surface area (Å²) in [5, 5.41) is 12.6. The molecule has 1 aliphatic carbocycles. The van der Waals surface area contributed by atoms with Crippen LogP contribution in [0.2, 0.25) is 0 Å². The summed E-state index contributed by atoms with van der Waals surface area (Å²) in [6, 6.07) is 0.438. The molecule has 2 atom stereocenters. The minimum absolute atomic E-state index is 0.438. The second kappa shape index (κ2) is 5.41. The zero-order chi connectivity index (χ0) is 14.1. The third-order valence-corrected chi connectivity index (χ3v) is 5.28. The van der Waals surface area contributed by atoms with Crippen LogP contribution in [0.3, 0.4) is 0 Å². The summed E-state index contributed by atoms with van der Waals surface area (Å²) in [5.74, 6) is -0.683. The predicted octanol–water partition coefficient (Wildman–Crippen LogP) is 2.09. The molecule has 0 spiro atoms. The van der Waals surface area contributed by atoms with E-state index in [1.165, 1.54) is 12.8 Å². The van der Waals surface area contributed by atoms with Gasteiger partial charge in [0, 0.05) is 6.04 Å². The summed E-state index contributed by atoms with van der Waals surface area (Å²) in [7, 11) is 1.79.